The second-order valence-corrected chi connectivity index (χ2v) is 5.16. The standard InChI is InChI=1S/C14H20ClN/c15-13(14-8-4-5-11-16-14)10-9-12-6-2-1-3-7-12/h1-3,6-7,13-14,16H,4-5,8-11H2. The number of benzene rings is 1. The summed E-state index contributed by atoms with van der Waals surface area (Å²) in [4.78, 5) is 0. The Balaban J connectivity index is 1.76. The molecular formula is C14H20ClN. The summed E-state index contributed by atoms with van der Waals surface area (Å²) in [5, 5.41) is 3.80. The van der Waals surface area contributed by atoms with Gasteiger partial charge in [0.05, 0.1) is 0 Å². The molecular weight excluding hydrogens is 218 g/mol. The molecule has 1 aliphatic heterocycles. The molecule has 1 nitrogen and oxygen atoms in total. The molecule has 2 rings (SSSR count). The first-order valence-electron chi connectivity index (χ1n) is 6.27. The van der Waals surface area contributed by atoms with Gasteiger partial charge < -0.3 is 5.32 Å². The molecule has 16 heavy (non-hydrogen) atoms. The number of halogens is 1. The first-order chi connectivity index (χ1) is 7.86. The van der Waals surface area contributed by atoms with Crippen LogP contribution < -0.4 is 5.32 Å². The van der Waals surface area contributed by atoms with Crippen LogP contribution in [0.25, 0.3) is 0 Å². The largest absolute Gasteiger partial charge is 0.313 e. The van der Waals surface area contributed by atoms with E-state index in [2.05, 4.69) is 35.6 Å². The minimum absolute atomic E-state index is 0.278. The molecule has 0 saturated carbocycles. The Morgan fingerprint density at radius 1 is 1.25 bits per heavy atom. The highest BCUT2D eigenvalue weighted by molar-refractivity contribution is 6.21. The third kappa shape index (κ3) is 3.50. The molecule has 1 aromatic carbocycles. The van der Waals surface area contributed by atoms with E-state index in [0.717, 1.165) is 19.4 Å². The summed E-state index contributed by atoms with van der Waals surface area (Å²) in [5.74, 6) is 0. The van der Waals surface area contributed by atoms with E-state index in [4.69, 9.17) is 11.6 Å². The van der Waals surface area contributed by atoms with Crippen molar-refractivity contribution in [1.82, 2.24) is 5.32 Å². The van der Waals surface area contributed by atoms with Crippen molar-refractivity contribution in [2.75, 3.05) is 6.54 Å². The first kappa shape index (κ1) is 11.9. The van der Waals surface area contributed by atoms with Crippen molar-refractivity contribution < 1.29 is 0 Å². The normalized spacial score (nSPS) is 22.9. The van der Waals surface area contributed by atoms with Crippen LogP contribution in [0.4, 0.5) is 0 Å². The zero-order valence-corrected chi connectivity index (χ0v) is 10.4. The van der Waals surface area contributed by atoms with Crippen LogP contribution in [0, 0.1) is 0 Å². The van der Waals surface area contributed by atoms with E-state index in [0.29, 0.717) is 6.04 Å². The van der Waals surface area contributed by atoms with Gasteiger partial charge in [0.2, 0.25) is 0 Å². The number of hydrogen-bond acceptors (Lipinski definition) is 1. The smallest absolute Gasteiger partial charge is 0.0492 e. The van der Waals surface area contributed by atoms with Gasteiger partial charge in [0, 0.05) is 11.4 Å². The zero-order chi connectivity index (χ0) is 11.2. The maximum absolute atomic E-state index is 6.45. The molecule has 0 aliphatic carbocycles. The summed E-state index contributed by atoms with van der Waals surface area (Å²) in [7, 11) is 0. The zero-order valence-electron chi connectivity index (χ0n) is 9.66. The fraction of sp³-hybridized carbons (Fsp3) is 0.571. The van der Waals surface area contributed by atoms with Gasteiger partial charge in [0.1, 0.15) is 0 Å². The molecule has 0 bridgehead atoms. The van der Waals surface area contributed by atoms with Gasteiger partial charge in [-0.05, 0) is 37.8 Å². The van der Waals surface area contributed by atoms with E-state index in [1.807, 2.05) is 0 Å². The summed E-state index contributed by atoms with van der Waals surface area (Å²) in [6, 6.07) is 11.1. The molecule has 1 N–H and O–H groups in total. The monoisotopic (exact) mass is 237 g/mol. The Hall–Kier alpha value is -0.530. The number of hydrogen-bond donors (Lipinski definition) is 1. The fourth-order valence-corrected chi connectivity index (χ4v) is 2.66. The highest BCUT2D eigenvalue weighted by atomic mass is 35.5. The van der Waals surface area contributed by atoms with Gasteiger partial charge in [0.25, 0.3) is 0 Å². The summed E-state index contributed by atoms with van der Waals surface area (Å²) >= 11 is 6.45. The van der Waals surface area contributed by atoms with Crippen molar-refractivity contribution >= 4 is 11.6 Å². The third-order valence-corrected chi connectivity index (χ3v) is 3.86. The molecule has 1 aromatic rings. The number of alkyl halides is 1. The summed E-state index contributed by atoms with van der Waals surface area (Å²) in [6.07, 6.45) is 6.03. The Labute approximate surface area is 103 Å². The predicted molar refractivity (Wildman–Crippen MR) is 70.0 cm³/mol. The number of rotatable bonds is 4. The Bertz CT molecular complexity index is 293. The quantitative estimate of drug-likeness (QED) is 0.792. The average Bonchev–Trinajstić information content (AvgIpc) is 2.38. The molecule has 2 atom stereocenters. The summed E-state index contributed by atoms with van der Waals surface area (Å²) in [5.41, 5.74) is 1.39. The van der Waals surface area contributed by atoms with E-state index in [9.17, 15) is 0 Å². The highest BCUT2D eigenvalue weighted by Crippen LogP contribution is 2.19. The summed E-state index contributed by atoms with van der Waals surface area (Å²) in [6.45, 7) is 1.14. The molecule has 2 heteroatoms. The van der Waals surface area contributed by atoms with E-state index in [1.165, 1.54) is 24.8 Å². The number of aryl methyl sites for hydroxylation is 1. The molecule has 1 aliphatic rings. The maximum Gasteiger partial charge on any atom is 0.0492 e. The second kappa shape index (κ2) is 6.27. The Morgan fingerprint density at radius 2 is 2.06 bits per heavy atom. The SMILES string of the molecule is ClC(CCc1ccccc1)C1CCCCN1. The van der Waals surface area contributed by atoms with E-state index in [-0.39, 0.29) is 5.38 Å². The van der Waals surface area contributed by atoms with E-state index in [1.54, 1.807) is 0 Å². The maximum atomic E-state index is 6.45. The van der Waals surface area contributed by atoms with Gasteiger partial charge in [-0.1, -0.05) is 36.8 Å². The molecule has 88 valence electrons. The van der Waals surface area contributed by atoms with Gasteiger partial charge in [0.15, 0.2) is 0 Å². The molecule has 1 saturated heterocycles. The average molecular weight is 238 g/mol. The van der Waals surface area contributed by atoms with Gasteiger partial charge in [-0.25, -0.2) is 0 Å². The van der Waals surface area contributed by atoms with Crippen LogP contribution in [-0.2, 0) is 6.42 Å². The van der Waals surface area contributed by atoms with Crippen LogP contribution in [-0.4, -0.2) is 18.0 Å². The molecule has 0 aromatic heterocycles. The van der Waals surface area contributed by atoms with Gasteiger partial charge in [-0.3, -0.25) is 0 Å². The molecule has 0 radical (unpaired) electrons. The Morgan fingerprint density at radius 3 is 2.75 bits per heavy atom. The number of piperidine rings is 1. The fourth-order valence-electron chi connectivity index (χ4n) is 2.34. The van der Waals surface area contributed by atoms with Gasteiger partial charge >= 0.3 is 0 Å². The predicted octanol–water partition coefficient (Wildman–Crippen LogP) is 3.37. The first-order valence-corrected chi connectivity index (χ1v) is 6.71. The summed E-state index contributed by atoms with van der Waals surface area (Å²) < 4.78 is 0. The van der Waals surface area contributed by atoms with Crippen molar-refractivity contribution in [3.8, 4) is 0 Å². The van der Waals surface area contributed by atoms with Crippen molar-refractivity contribution in [3.63, 3.8) is 0 Å². The van der Waals surface area contributed by atoms with Crippen molar-refractivity contribution in [3.05, 3.63) is 35.9 Å². The van der Waals surface area contributed by atoms with E-state index >= 15 is 0 Å². The minimum Gasteiger partial charge on any atom is -0.313 e. The molecule has 2 unspecified atom stereocenters. The van der Waals surface area contributed by atoms with Crippen LogP contribution >= 0.6 is 11.6 Å². The minimum atomic E-state index is 0.278. The molecule has 1 heterocycles. The molecule has 0 spiro atoms. The lowest BCUT2D eigenvalue weighted by atomic mass is 9.97. The van der Waals surface area contributed by atoms with Gasteiger partial charge in [-0.15, -0.1) is 11.6 Å². The lowest BCUT2D eigenvalue weighted by Gasteiger charge is -2.27. The lowest BCUT2D eigenvalue weighted by Crippen LogP contribution is -2.40. The van der Waals surface area contributed by atoms with Crippen molar-refractivity contribution in [2.24, 2.45) is 0 Å². The van der Waals surface area contributed by atoms with Crippen LogP contribution in [0.15, 0.2) is 30.3 Å². The molecule has 0 amide bonds. The van der Waals surface area contributed by atoms with Crippen molar-refractivity contribution in [1.29, 1.82) is 0 Å². The molecule has 1 fully saturated rings. The van der Waals surface area contributed by atoms with Crippen LogP contribution in [0.5, 0.6) is 0 Å². The van der Waals surface area contributed by atoms with Crippen LogP contribution in [0.1, 0.15) is 31.2 Å². The lowest BCUT2D eigenvalue weighted by molar-refractivity contribution is 0.380. The number of nitrogens with one attached hydrogen (secondary N) is 1. The Kier molecular flexibility index (Phi) is 4.68. The highest BCUT2D eigenvalue weighted by Gasteiger charge is 2.20. The van der Waals surface area contributed by atoms with E-state index < -0.39 is 0 Å². The third-order valence-electron chi connectivity index (χ3n) is 3.34. The van der Waals surface area contributed by atoms with Gasteiger partial charge in [-0.2, -0.15) is 0 Å². The second-order valence-electron chi connectivity index (χ2n) is 4.60. The topological polar surface area (TPSA) is 12.0 Å². The van der Waals surface area contributed by atoms with Crippen LogP contribution in [0.3, 0.4) is 0 Å². The van der Waals surface area contributed by atoms with Crippen molar-refractivity contribution in [2.45, 2.75) is 43.5 Å². The van der Waals surface area contributed by atoms with Crippen LogP contribution in [0.2, 0.25) is 0 Å².